The van der Waals surface area contributed by atoms with Gasteiger partial charge in [-0.15, -0.1) is 0 Å². The minimum Gasteiger partial charge on any atom is -0.334 e. The second-order valence-corrected chi connectivity index (χ2v) is 6.39. The van der Waals surface area contributed by atoms with Crippen LogP contribution in [0.25, 0.3) is 0 Å². The van der Waals surface area contributed by atoms with Gasteiger partial charge in [-0.2, -0.15) is 8.42 Å². The van der Waals surface area contributed by atoms with Crippen molar-refractivity contribution in [2.45, 2.75) is 18.9 Å². The SMILES string of the molecule is Cc1cc(NS(=O)(=O)c2cnc[nH]2)cc(C)c1Br. The zero-order chi connectivity index (χ0) is 13.3. The maximum absolute atomic E-state index is 12.0. The minimum atomic E-state index is -3.60. The van der Waals surface area contributed by atoms with Crippen LogP contribution in [-0.4, -0.2) is 18.4 Å². The lowest BCUT2D eigenvalue weighted by Gasteiger charge is -2.10. The van der Waals surface area contributed by atoms with Gasteiger partial charge in [-0.1, -0.05) is 15.9 Å². The lowest BCUT2D eigenvalue weighted by molar-refractivity contribution is 0.598. The van der Waals surface area contributed by atoms with E-state index in [0.717, 1.165) is 15.6 Å². The molecule has 0 radical (unpaired) electrons. The van der Waals surface area contributed by atoms with Crippen molar-refractivity contribution in [1.29, 1.82) is 0 Å². The Hall–Kier alpha value is -1.34. The molecule has 0 aliphatic carbocycles. The van der Waals surface area contributed by atoms with E-state index in [2.05, 4.69) is 30.6 Å². The first-order chi connectivity index (χ1) is 8.40. The number of H-pyrrole nitrogens is 1. The van der Waals surface area contributed by atoms with Gasteiger partial charge >= 0.3 is 0 Å². The van der Waals surface area contributed by atoms with Gasteiger partial charge in [0.25, 0.3) is 10.0 Å². The summed E-state index contributed by atoms with van der Waals surface area (Å²) in [7, 11) is -3.60. The normalized spacial score (nSPS) is 11.5. The Bertz CT molecular complexity index is 643. The van der Waals surface area contributed by atoms with Crippen LogP contribution in [0.4, 0.5) is 5.69 Å². The minimum absolute atomic E-state index is 0.0423. The summed E-state index contributed by atoms with van der Waals surface area (Å²) in [5, 5.41) is 0.0423. The van der Waals surface area contributed by atoms with Crippen molar-refractivity contribution in [3.63, 3.8) is 0 Å². The van der Waals surface area contributed by atoms with Crippen molar-refractivity contribution in [2.75, 3.05) is 4.72 Å². The van der Waals surface area contributed by atoms with E-state index in [9.17, 15) is 8.42 Å². The van der Waals surface area contributed by atoms with Crippen LogP contribution in [0.5, 0.6) is 0 Å². The van der Waals surface area contributed by atoms with E-state index in [-0.39, 0.29) is 5.03 Å². The Morgan fingerprint density at radius 1 is 1.28 bits per heavy atom. The molecule has 0 bridgehead atoms. The molecule has 96 valence electrons. The fourth-order valence-electron chi connectivity index (χ4n) is 1.61. The maximum atomic E-state index is 12.0. The summed E-state index contributed by atoms with van der Waals surface area (Å²) in [6, 6.07) is 3.54. The third-order valence-corrected chi connectivity index (χ3v) is 5.01. The molecule has 0 aliphatic heterocycles. The van der Waals surface area contributed by atoms with Crippen LogP contribution in [0.3, 0.4) is 0 Å². The Morgan fingerprint density at radius 3 is 2.39 bits per heavy atom. The highest BCUT2D eigenvalue weighted by atomic mass is 79.9. The van der Waals surface area contributed by atoms with E-state index in [0.29, 0.717) is 5.69 Å². The Kier molecular flexibility index (Phi) is 3.45. The second-order valence-electron chi connectivity index (χ2n) is 3.95. The first-order valence-corrected chi connectivity index (χ1v) is 7.46. The number of nitrogens with one attached hydrogen (secondary N) is 2. The molecular formula is C11H12BrN3O2S. The first kappa shape index (κ1) is 13.1. The van der Waals surface area contributed by atoms with Crippen molar-refractivity contribution in [3.05, 3.63) is 40.3 Å². The standard InChI is InChI=1S/C11H12BrN3O2S/c1-7-3-9(4-8(2)11(7)12)15-18(16,17)10-5-13-6-14-10/h3-6,15H,1-2H3,(H,13,14). The van der Waals surface area contributed by atoms with Crippen LogP contribution in [0.1, 0.15) is 11.1 Å². The summed E-state index contributed by atoms with van der Waals surface area (Å²) in [5.41, 5.74) is 2.47. The van der Waals surface area contributed by atoms with E-state index in [1.54, 1.807) is 12.1 Å². The molecule has 1 aromatic carbocycles. The van der Waals surface area contributed by atoms with Gasteiger partial charge in [-0.05, 0) is 37.1 Å². The number of aromatic amines is 1. The molecule has 1 heterocycles. The molecule has 0 spiro atoms. The summed E-state index contributed by atoms with van der Waals surface area (Å²) >= 11 is 3.44. The van der Waals surface area contributed by atoms with Crippen LogP contribution < -0.4 is 4.72 Å². The van der Waals surface area contributed by atoms with Gasteiger partial charge < -0.3 is 4.98 Å². The fourth-order valence-corrected chi connectivity index (χ4v) is 2.78. The largest absolute Gasteiger partial charge is 0.334 e. The summed E-state index contributed by atoms with van der Waals surface area (Å²) in [6.07, 6.45) is 2.59. The molecule has 18 heavy (non-hydrogen) atoms. The number of imidazole rings is 1. The third-order valence-electron chi connectivity index (χ3n) is 2.45. The predicted octanol–water partition coefficient (Wildman–Crippen LogP) is 2.59. The summed E-state index contributed by atoms with van der Waals surface area (Å²) in [5.74, 6) is 0. The van der Waals surface area contributed by atoms with Crippen LogP contribution in [0, 0.1) is 13.8 Å². The molecule has 2 N–H and O–H groups in total. The number of hydrogen-bond acceptors (Lipinski definition) is 3. The molecule has 0 saturated heterocycles. The van der Waals surface area contributed by atoms with Crippen molar-refractivity contribution in [3.8, 4) is 0 Å². The number of halogens is 1. The van der Waals surface area contributed by atoms with Crippen LogP contribution in [-0.2, 0) is 10.0 Å². The molecule has 0 amide bonds. The van der Waals surface area contributed by atoms with Gasteiger partial charge in [-0.3, -0.25) is 4.72 Å². The Balaban J connectivity index is 2.36. The summed E-state index contributed by atoms with van der Waals surface area (Å²) < 4.78 is 27.4. The molecule has 2 aromatic rings. The quantitative estimate of drug-likeness (QED) is 0.908. The Labute approximate surface area is 114 Å². The van der Waals surface area contributed by atoms with E-state index in [4.69, 9.17) is 0 Å². The van der Waals surface area contributed by atoms with E-state index < -0.39 is 10.0 Å². The average molecular weight is 330 g/mol. The van der Waals surface area contributed by atoms with E-state index >= 15 is 0 Å². The van der Waals surface area contributed by atoms with Gasteiger partial charge in [0.2, 0.25) is 0 Å². The van der Waals surface area contributed by atoms with Gasteiger partial charge in [0.05, 0.1) is 12.5 Å². The molecule has 0 saturated carbocycles. The van der Waals surface area contributed by atoms with Gasteiger partial charge in [0.15, 0.2) is 5.03 Å². The third kappa shape index (κ3) is 2.56. The van der Waals surface area contributed by atoms with Gasteiger partial charge in [0, 0.05) is 10.2 Å². The monoisotopic (exact) mass is 329 g/mol. The lowest BCUT2D eigenvalue weighted by Crippen LogP contribution is -2.13. The number of rotatable bonds is 3. The number of nitrogens with zero attached hydrogens (tertiary/aromatic N) is 1. The zero-order valence-corrected chi connectivity index (χ0v) is 12.3. The highest BCUT2D eigenvalue weighted by Gasteiger charge is 2.16. The molecule has 0 atom stereocenters. The highest BCUT2D eigenvalue weighted by Crippen LogP contribution is 2.26. The number of anilines is 1. The lowest BCUT2D eigenvalue weighted by atomic mass is 10.1. The number of benzene rings is 1. The van der Waals surface area contributed by atoms with Gasteiger partial charge in [-0.25, -0.2) is 4.98 Å². The predicted molar refractivity (Wildman–Crippen MR) is 73.0 cm³/mol. The molecule has 0 fully saturated rings. The zero-order valence-electron chi connectivity index (χ0n) is 9.86. The summed E-state index contributed by atoms with van der Waals surface area (Å²) in [6.45, 7) is 3.82. The maximum Gasteiger partial charge on any atom is 0.278 e. The van der Waals surface area contributed by atoms with Crippen molar-refractivity contribution >= 4 is 31.6 Å². The fraction of sp³-hybridized carbons (Fsp3) is 0.182. The van der Waals surface area contributed by atoms with Crippen molar-refractivity contribution < 1.29 is 8.42 Å². The molecule has 2 rings (SSSR count). The first-order valence-electron chi connectivity index (χ1n) is 5.18. The molecule has 7 heteroatoms. The van der Waals surface area contributed by atoms with Crippen LogP contribution in [0.2, 0.25) is 0 Å². The van der Waals surface area contributed by atoms with Crippen molar-refractivity contribution in [1.82, 2.24) is 9.97 Å². The topological polar surface area (TPSA) is 74.8 Å². The van der Waals surface area contributed by atoms with Crippen molar-refractivity contribution in [2.24, 2.45) is 0 Å². The van der Waals surface area contributed by atoms with Crippen LogP contribution >= 0.6 is 15.9 Å². The average Bonchev–Trinajstić information content (AvgIpc) is 2.79. The molecule has 5 nitrogen and oxygen atoms in total. The summed E-state index contributed by atoms with van der Waals surface area (Å²) in [4.78, 5) is 6.26. The van der Waals surface area contributed by atoms with Gasteiger partial charge in [0.1, 0.15) is 0 Å². The second kappa shape index (κ2) is 4.74. The molecule has 0 unspecified atom stereocenters. The van der Waals surface area contributed by atoms with E-state index in [1.807, 2.05) is 13.8 Å². The molecule has 1 aromatic heterocycles. The number of sulfonamides is 1. The Morgan fingerprint density at radius 2 is 1.89 bits per heavy atom. The number of aryl methyl sites for hydroxylation is 2. The number of hydrogen-bond donors (Lipinski definition) is 2. The van der Waals surface area contributed by atoms with E-state index in [1.165, 1.54) is 12.5 Å². The smallest absolute Gasteiger partial charge is 0.278 e. The molecule has 0 aliphatic rings. The molecular weight excluding hydrogens is 318 g/mol. The highest BCUT2D eigenvalue weighted by molar-refractivity contribution is 9.10. The number of aromatic nitrogens is 2. The van der Waals surface area contributed by atoms with Crippen LogP contribution in [0.15, 0.2) is 34.2 Å².